The summed E-state index contributed by atoms with van der Waals surface area (Å²) in [5.41, 5.74) is 0.947. The van der Waals surface area contributed by atoms with Gasteiger partial charge in [0, 0.05) is 18.7 Å². The quantitative estimate of drug-likeness (QED) is 0.859. The molecule has 1 atom stereocenters. The first-order chi connectivity index (χ1) is 8.81. The van der Waals surface area contributed by atoms with Crippen molar-refractivity contribution in [2.45, 2.75) is 39.8 Å². The van der Waals surface area contributed by atoms with Crippen LogP contribution in [0.25, 0.3) is 0 Å². The Bertz CT molecular complexity index is 460. The minimum atomic E-state index is -0.456. The van der Waals surface area contributed by atoms with Crippen molar-refractivity contribution in [1.29, 1.82) is 5.26 Å². The molecule has 0 saturated heterocycles. The van der Waals surface area contributed by atoms with Gasteiger partial charge < -0.3 is 10.4 Å². The van der Waals surface area contributed by atoms with Crippen LogP contribution >= 0.6 is 0 Å². The van der Waals surface area contributed by atoms with Crippen LogP contribution in [0.15, 0.2) is 18.2 Å². The van der Waals surface area contributed by atoms with Crippen molar-refractivity contribution in [3.63, 3.8) is 0 Å². The van der Waals surface area contributed by atoms with Crippen LogP contribution in [0.1, 0.15) is 38.3 Å². The summed E-state index contributed by atoms with van der Waals surface area (Å²) in [4.78, 5) is 0. The smallest absolute Gasteiger partial charge is 0.127 e. The summed E-state index contributed by atoms with van der Waals surface area (Å²) < 4.78 is 13.5. The van der Waals surface area contributed by atoms with Gasteiger partial charge in [0.05, 0.1) is 17.7 Å². The molecule has 0 spiro atoms. The third-order valence-electron chi connectivity index (χ3n) is 2.72. The Hall–Kier alpha value is -1.44. The second-order valence-corrected chi connectivity index (χ2v) is 5.97. The Kier molecular flexibility index (Phi) is 5.46. The van der Waals surface area contributed by atoms with Crippen molar-refractivity contribution >= 4 is 0 Å². The lowest BCUT2D eigenvalue weighted by molar-refractivity contribution is 0.119. The van der Waals surface area contributed by atoms with Crippen LogP contribution < -0.4 is 5.32 Å². The second-order valence-electron chi connectivity index (χ2n) is 5.97. The van der Waals surface area contributed by atoms with Crippen LogP contribution in [-0.4, -0.2) is 17.8 Å². The molecule has 0 radical (unpaired) electrons. The molecule has 104 valence electrons. The van der Waals surface area contributed by atoms with E-state index in [0.717, 1.165) is 0 Å². The molecule has 0 saturated carbocycles. The first-order valence-corrected chi connectivity index (χ1v) is 6.39. The summed E-state index contributed by atoms with van der Waals surface area (Å²) in [7, 11) is 0. The van der Waals surface area contributed by atoms with Gasteiger partial charge >= 0.3 is 0 Å². The SMILES string of the molecule is CC(C)(C)CC(O)CNCc1cc(C#N)ccc1F. The minimum absolute atomic E-state index is 0.0626. The highest BCUT2D eigenvalue weighted by atomic mass is 19.1. The van der Waals surface area contributed by atoms with Crippen LogP contribution in [0.5, 0.6) is 0 Å². The van der Waals surface area contributed by atoms with Crippen LogP contribution in [0.4, 0.5) is 4.39 Å². The van der Waals surface area contributed by atoms with Crippen LogP contribution in [0.3, 0.4) is 0 Å². The number of aliphatic hydroxyl groups excluding tert-OH is 1. The first kappa shape index (κ1) is 15.6. The van der Waals surface area contributed by atoms with Gasteiger partial charge in [-0.1, -0.05) is 20.8 Å². The maximum Gasteiger partial charge on any atom is 0.127 e. The second kappa shape index (κ2) is 6.65. The van der Waals surface area contributed by atoms with Crippen molar-refractivity contribution in [2.24, 2.45) is 5.41 Å². The van der Waals surface area contributed by atoms with E-state index in [1.54, 1.807) is 0 Å². The van der Waals surface area contributed by atoms with Gasteiger partial charge in [-0.25, -0.2) is 4.39 Å². The van der Waals surface area contributed by atoms with Crippen molar-refractivity contribution < 1.29 is 9.50 Å². The minimum Gasteiger partial charge on any atom is -0.392 e. The fourth-order valence-corrected chi connectivity index (χ4v) is 1.93. The van der Waals surface area contributed by atoms with Gasteiger partial charge in [-0.05, 0) is 30.0 Å². The fourth-order valence-electron chi connectivity index (χ4n) is 1.93. The molecule has 3 nitrogen and oxygen atoms in total. The molecular weight excluding hydrogens is 243 g/mol. The zero-order valence-electron chi connectivity index (χ0n) is 11.7. The van der Waals surface area contributed by atoms with E-state index >= 15 is 0 Å². The molecule has 4 heteroatoms. The third-order valence-corrected chi connectivity index (χ3v) is 2.72. The van der Waals surface area contributed by atoms with Crippen molar-refractivity contribution in [3.8, 4) is 6.07 Å². The highest BCUT2D eigenvalue weighted by Gasteiger charge is 2.16. The molecule has 0 aliphatic rings. The van der Waals surface area contributed by atoms with E-state index in [0.29, 0.717) is 30.6 Å². The van der Waals surface area contributed by atoms with Gasteiger partial charge in [0.15, 0.2) is 0 Å². The average molecular weight is 264 g/mol. The summed E-state index contributed by atoms with van der Waals surface area (Å²) in [6.07, 6.45) is 0.225. The maximum absolute atomic E-state index is 13.5. The molecule has 0 heterocycles. The molecule has 0 bridgehead atoms. The Labute approximate surface area is 114 Å². The van der Waals surface area contributed by atoms with E-state index in [2.05, 4.69) is 26.1 Å². The Balaban J connectivity index is 2.47. The monoisotopic (exact) mass is 264 g/mol. The van der Waals surface area contributed by atoms with Gasteiger partial charge in [0.2, 0.25) is 0 Å². The largest absolute Gasteiger partial charge is 0.392 e. The number of nitrogens with one attached hydrogen (secondary N) is 1. The summed E-state index contributed by atoms with van der Waals surface area (Å²) in [6.45, 7) is 6.90. The Morgan fingerprint density at radius 2 is 2.11 bits per heavy atom. The van der Waals surface area contributed by atoms with E-state index in [1.165, 1.54) is 18.2 Å². The summed E-state index contributed by atoms with van der Waals surface area (Å²) in [5, 5.41) is 21.6. The maximum atomic E-state index is 13.5. The lowest BCUT2D eigenvalue weighted by atomic mass is 9.89. The molecule has 1 rings (SSSR count). The van der Waals surface area contributed by atoms with E-state index in [4.69, 9.17) is 5.26 Å². The number of rotatable bonds is 5. The van der Waals surface area contributed by atoms with Crippen molar-refractivity contribution in [1.82, 2.24) is 5.32 Å². The molecule has 19 heavy (non-hydrogen) atoms. The Morgan fingerprint density at radius 1 is 1.42 bits per heavy atom. The average Bonchev–Trinajstić information content (AvgIpc) is 2.29. The number of nitriles is 1. The Morgan fingerprint density at radius 3 is 2.68 bits per heavy atom. The normalized spacial score (nSPS) is 13.1. The zero-order chi connectivity index (χ0) is 14.5. The van der Waals surface area contributed by atoms with E-state index in [-0.39, 0.29) is 11.2 Å². The molecule has 1 unspecified atom stereocenters. The molecule has 2 N–H and O–H groups in total. The van der Waals surface area contributed by atoms with E-state index in [9.17, 15) is 9.50 Å². The summed E-state index contributed by atoms with van der Waals surface area (Å²) >= 11 is 0. The molecule has 0 aromatic heterocycles. The molecule has 1 aromatic carbocycles. The number of aliphatic hydroxyl groups is 1. The lowest BCUT2D eigenvalue weighted by Gasteiger charge is -2.22. The molecule has 0 aliphatic heterocycles. The summed E-state index contributed by atoms with van der Waals surface area (Å²) in [5.74, 6) is -0.336. The zero-order valence-corrected chi connectivity index (χ0v) is 11.7. The predicted molar refractivity (Wildman–Crippen MR) is 72.9 cm³/mol. The van der Waals surface area contributed by atoms with Crippen molar-refractivity contribution in [2.75, 3.05) is 6.54 Å². The van der Waals surface area contributed by atoms with Gasteiger partial charge in [0.25, 0.3) is 0 Å². The highest BCUT2D eigenvalue weighted by molar-refractivity contribution is 5.33. The molecule has 0 aliphatic carbocycles. The van der Waals surface area contributed by atoms with Gasteiger partial charge in [-0.15, -0.1) is 0 Å². The molecule has 1 aromatic rings. The number of hydrogen-bond donors (Lipinski definition) is 2. The van der Waals surface area contributed by atoms with Crippen LogP contribution in [-0.2, 0) is 6.54 Å². The molecule has 0 fully saturated rings. The lowest BCUT2D eigenvalue weighted by Crippen LogP contribution is -2.30. The van der Waals surface area contributed by atoms with Gasteiger partial charge in [0.1, 0.15) is 5.82 Å². The molecule has 0 amide bonds. The van der Waals surface area contributed by atoms with Gasteiger partial charge in [-0.3, -0.25) is 0 Å². The highest BCUT2D eigenvalue weighted by Crippen LogP contribution is 2.20. The fraction of sp³-hybridized carbons (Fsp3) is 0.533. The van der Waals surface area contributed by atoms with Gasteiger partial charge in [-0.2, -0.15) is 5.26 Å². The van der Waals surface area contributed by atoms with E-state index in [1.807, 2.05) is 6.07 Å². The number of nitrogens with zero attached hydrogens (tertiary/aromatic N) is 1. The standard InChI is InChI=1S/C15H21FN2O/c1-15(2,3)7-13(19)10-18-9-12-6-11(8-17)4-5-14(12)16/h4-6,13,18-19H,7,9-10H2,1-3H3. The number of halogens is 1. The summed E-state index contributed by atoms with van der Waals surface area (Å²) in [6, 6.07) is 6.25. The first-order valence-electron chi connectivity index (χ1n) is 6.39. The third kappa shape index (κ3) is 5.82. The predicted octanol–water partition coefficient (Wildman–Crippen LogP) is 2.58. The number of benzene rings is 1. The van der Waals surface area contributed by atoms with Crippen LogP contribution in [0, 0.1) is 22.6 Å². The number of hydrogen-bond acceptors (Lipinski definition) is 3. The van der Waals surface area contributed by atoms with Crippen molar-refractivity contribution in [3.05, 3.63) is 35.1 Å². The molecular formula is C15H21FN2O. The van der Waals surface area contributed by atoms with Crippen LogP contribution in [0.2, 0.25) is 0 Å². The van der Waals surface area contributed by atoms with E-state index < -0.39 is 6.10 Å². The topological polar surface area (TPSA) is 56.0 Å².